The van der Waals surface area contributed by atoms with E-state index in [1.165, 1.54) is 39.0 Å². The van der Waals surface area contributed by atoms with Crippen molar-refractivity contribution < 1.29 is 152 Å². The molecule has 6 aliphatic heterocycles. The van der Waals surface area contributed by atoms with Crippen LogP contribution in [0.25, 0.3) is 0 Å². The summed E-state index contributed by atoms with van der Waals surface area (Å²) in [5.74, 6) is -3.67. The van der Waals surface area contributed by atoms with Crippen molar-refractivity contribution in [1.82, 2.24) is 26.6 Å². The minimum Gasteiger partial charge on any atom is -0.494 e. The summed E-state index contributed by atoms with van der Waals surface area (Å²) in [6.07, 6.45) is -32.0. The van der Waals surface area contributed by atoms with Crippen molar-refractivity contribution >= 4 is 29.5 Å². The molecule has 99 heavy (non-hydrogen) atoms. The van der Waals surface area contributed by atoms with Crippen molar-refractivity contribution in [3.8, 4) is 5.75 Å². The molecule has 36 nitrogen and oxygen atoms in total. The van der Waals surface area contributed by atoms with Crippen LogP contribution in [0, 0.1) is 0 Å². The van der Waals surface area contributed by atoms with Crippen LogP contribution in [0.2, 0.25) is 0 Å². The fraction of sp³-hybridized carbons (Fsp3) is 0.794. The van der Waals surface area contributed by atoms with Gasteiger partial charge in [0, 0.05) is 40.4 Å². The Kier molecular flexibility index (Phi) is 31.7. The molecule has 0 saturated carbocycles. The van der Waals surface area contributed by atoms with E-state index in [4.69, 9.17) is 61.6 Å². The Morgan fingerprint density at radius 2 is 0.899 bits per heavy atom. The average Bonchev–Trinajstić information content (AvgIpc) is 0.771. The molecule has 1 aromatic rings. The van der Waals surface area contributed by atoms with E-state index in [0.717, 1.165) is 53.4 Å². The van der Waals surface area contributed by atoms with Crippen LogP contribution in [0.1, 0.15) is 96.8 Å². The zero-order valence-electron chi connectivity index (χ0n) is 56.1. The van der Waals surface area contributed by atoms with Crippen molar-refractivity contribution in [3.63, 3.8) is 0 Å². The Labute approximate surface area is 571 Å². The second kappa shape index (κ2) is 38.6. The first kappa shape index (κ1) is 81.4. The normalized spacial score (nSPS) is 39.6. The van der Waals surface area contributed by atoms with E-state index in [1.807, 2.05) is 0 Å². The highest BCUT2D eigenvalue weighted by molar-refractivity contribution is 5.94. The summed E-state index contributed by atoms with van der Waals surface area (Å²) >= 11 is 0. The number of rotatable bonds is 32. The van der Waals surface area contributed by atoms with Gasteiger partial charge in [-0.3, -0.25) is 24.0 Å². The first-order chi connectivity index (χ1) is 47.2. The van der Waals surface area contributed by atoms with E-state index >= 15 is 0 Å². The second-order valence-electron chi connectivity index (χ2n) is 25.3. The van der Waals surface area contributed by atoms with E-state index in [1.54, 1.807) is 12.1 Å². The summed E-state index contributed by atoms with van der Waals surface area (Å²) < 4.78 is 77.9. The number of aliphatic hydroxyl groups is 13. The quantitative estimate of drug-likeness (QED) is 0.0235. The van der Waals surface area contributed by atoms with E-state index in [9.17, 15) is 90.4 Å². The highest BCUT2D eigenvalue weighted by Gasteiger charge is 2.58. The predicted molar refractivity (Wildman–Crippen MR) is 333 cm³/mol. The molecular formula is C63H101N5O31. The molecule has 36 heteroatoms. The van der Waals surface area contributed by atoms with Gasteiger partial charge in [0.2, 0.25) is 23.6 Å². The van der Waals surface area contributed by atoms with E-state index in [0.29, 0.717) is 18.8 Å². The lowest BCUT2D eigenvalue weighted by Gasteiger charge is -2.51. The molecule has 5 amide bonds. The highest BCUT2D eigenvalue weighted by Crippen LogP contribution is 2.37. The van der Waals surface area contributed by atoms with E-state index in [2.05, 4.69) is 45.7 Å². The molecule has 0 bridgehead atoms. The minimum absolute atomic E-state index is 0.0482. The molecular weight excluding hydrogens is 1320 g/mol. The van der Waals surface area contributed by atoms with E-state index in [-0.39, 0.29) is 5.56 Å². The molecule has 0 spiro atoms. The number of amides is 5. The molecule has 7 rings (SSSR count). The summed E-state index contributed by atoms with van der Waals surface area (Å²) in [5, 5.41) is 158. The van der Waals surface area contributed by atoms with Crippen LogP contribution in [-0.2, 0) is 76.0 Å². The maximum absolute atomic E-state index is 14.0. The Bertz CT molecular complexity index is 2730. The fourth-order valence-corrected chi connectivity index (χ4v) is 12.7. The maximum Gasteiger partial charge on any atom is 0.251 e. The third kappa shape index (κ3) is 20.9. The summed E-state index contributed by atoms with van der Waals surface area (Å²) in [6, 6.07) is -2.45. The van der Waals surface area contributed by atoms with Gasteiger partial charge in [-0.1, -0.05) is 44.4 Å². The molecule has 14 unspecified atom stereocenters. The molecule has 1 aromatic carbocycles. The van der Waals surface area contributed by atoms with Crippen molar-refractivity contribution in [1.29, 1.82) is 0 Å². The Hall–Kier alpha value is -4.89. The van der Waals surface area contributed by atoms with Gasteiger partial charge in [0.1, 0.15) is 146 Å². The molecule has 18 N–H and O–H groups in total. The molecule has 6 aliphatic rings. The third-order valence-corrected chi connectivity index (χ3v) is 17.8. The third-order valence-electron chi connectivity index (χ3n) is 17.8. The van der Waals surface area contributed by atoms with Gasteiger partial charge in [-0.2, -0.15) is 0 Å². The number of methoxy groups -OCH3 is 1. The number of carbonyl (C=O) groups excluding carboxylic acids is 5. The van der Waals surface area contributed by atoms with Gasteiger partial charge in [-0.15, -0.1) is 0 Å². The highest BCUT2D eigenvalue weighted by atomic mass is 16.8. The SMILES string of the molecule is CCCCCC/C=C\CCCOc1cccc(C(=O)N[C@@H]2C(O[C@H]3C(O)C(NC(C)=O)C(OC4C(CO)O[C@@H](O[C@H]5C(O)C(NC(C)=O)C(OC6C(CO[C@@H]7OC(C)C(O)[C@H](O)[C@@H]7OC)O[C@@H](O)[C@@H](NC(C)=O)[C@H]6O)O[C@H]5CO)[C@@H](NC(C)=O)[C@H]4O)O[C@H]3CO)OC(CO)[C@@H](O)[C@@H]2O)c1. The number of nitrogens with one attached hydrogen (secondary N) is 5. The lowest BCUT2D eigenvalue weighted by molar-refractivity contribution is -0.368. The summed E-state index contributed by atoms with van der Waals surface area (Å²) in [7, 11) is 1.21. The maximum atomic E-state index is 14.0. The van der Waals surface area contributed by atoms with Crippen molar-refractivity contribution in [3.05, 3.63) is 42.0 Å². The fourth-order valence-electron chi connectivity index (χ4n) is 12.7. The molecule has 0 aromatic heterocycles. The monoisotopic (exact) mass is 1420 g/mol. The van der Waals surface area contributed by atoms with Crippen LogP contribution in [0.3, 0.4) is 0 Å². The summed E-state index contributed by atoms with van der Waals surface area (Å²) in [5.41, 5.74) is 0.0482. The number of aliphatic hydroxyl groups excluding tert-OH is 13. The largest absolute Gasteiger partial charge is 0.494 e. The number of allylic oxidation sites excluding steroid dienone is 2. The lowest BCUT2D eigenvalue weighted by atomic mass is 9.93. The number of benzene rings is 1. The zero-order chi connectivity index (χ0) is 72.5. The zero-order valence-corrected chi connectivity index (χ0v) is 56.1. The average molecular weight is 1420 g/mol. The molecule has 0 aliphatic carbocycles. The van der Waals surface area contributed by atoms with Crippen molar-refractivity contribution in [2.24, 2.45) is 0 Å². The van der Waals surface area contributed by atoms with Crippen LogP contribution in [0.5, 0.6) is 5.75 Å². The van der Waals surface area contributed by atoms with Gasteiger partial charge in [0.05, 0.1) is 45.7 Å². The minimum atomic E-state index is -2.07. The number of unbranched alkanes of at least 4 members (excludes halogenated alkanes) is 5. The standard InChI is InChI=1S/C63H101N5O31/c1-8-9-10-11-12-13-14-15-16-20-88-33-19-17-18-32(21-33)57(85)68-40-46(79)45(78)34(22-69)92-59(40)96-52-35(23-70)93-60(41(48(52)81)65-29(4)74)97-53-36(24-71)94-61(42(49(53)82)66-30(5)75)98-54-37(25-72)95-62(43(50(54)83)67-31(6)76)99-55-38(91-58(86)39(47(55)80)64-28(3)73)26-89-63-56(87-7)51(84)44(77)27(2)90-63/h13-14,17-19,21,27,34-56,58-63,69-72,77-84,86H,8-12,15-16,20,22-26H2,1-7H3,(H,64,73)(H,65,74)(H,66,75)(H,67,76)(H,68,85)/b14-13-/t27?,34?,35-,36?,37-,38?,39-,40-,41?,42-,43?,44?,45+,46+,47+,48?,49+,50?,51-,52+,53?,54+,55?,56-,58+,59?,60?,61-,62?,63+/m0/s1. The summed E-state index contributed by atoms with van der Waals surface area (Å²) in [6.45, 7) is 3.52. The molecule has 564 valence electrons. The summed E-state index contributed by atoms with van der Waals surface area (Å²) in [4.78, 5) is 65.1. The van der Waals surface area contributed by atoms with Crippen LogP contribution < -0.4 is 31.3 Å². The molecule has 6 fully saturated rings. The smallest absolute Gasteiger partial charge is 0.251 e. The first-order valence-corrected chi connectivity index (χ1v) is 33.2. The van der Waals surface area contributed by atoms with Gasteiger partial charge in [-0.25, -0.2) is 0 Å². The van der Waals surface area contributed by atoms with Gasteiger partial charge in [0.15, 0.2) is 37.7 Å². The molecule has 30 atom stereocenters. The van der Waals surface area contributed by atoms with Crippen LogP contribution in [-0.4, -0.2) is 327 Å². The predicted octanol–water partition coefficient (Wildman–Crippen LogP) is -6.72. The topological polar surface area (TPSA) is 528 Å². The molecule has 6 heterocycles. The van der Waals surface area contributed by atoms with Crippen LogP contribution in [0.4, 0.5) is 0 Å². The van der Waals surface area contributed by atoms with Gasteiger partial charge < -0.3 is 155 Å². The Morgan fingerprint density at radius 1 is 0.465 bits per heavy atom. The number of hydrogen-bond donors (Lipinski definition) is 18. The van der Waals surface area contributed by atoms with Gasteiger partial charge in [-0.05, 0) is 50.8 Å². The number of ether oxygens (including phenoxy) is 13. The van der Waals surface area contributed by atoms with E-state index < -0.39 is 246 Å². The van der Waals surface area contributed by atoms with Crippen LogP contribution in [0.15, 0.2) is 36.4 Å². The second-order valence-corrected chi connectivity index (χ2v) is 25.3. The lowest BCUT2D eigenvalue weighted by Crippen LogP contribution is -2.72. The van der Waals surface area contributed by atoms with Crippen LogP contribution >= 0.6 is 0 Å². The number of carbonyl (C=O) groups is 5. The number of hydrogen-bond acceptors (Lipinski definition) is 31. The van der Waals surface area contributed by atoms with Crippen molar-refractivity contribution in [2.45, 2.75) is 270 Å². The molecule has 0 radical (unpaired) electrons. The van der Waals surface area contributed by atoms with Crippen molar-refractivity contribution in [2.75, 3.05) is 46.8 Å². The first-order valence-electron chi connectivity index (χ1n) is 33.2. The Morgan fingerprint density at radius 3 is 1.35 bits per heavy atom. The molecule has 6 saturated heterocycles. The van der Waals surface area contributed by atoms with Gasteiger partial charge >= 0.3 is 0 Å². The van der Waals surface area contributed by atoms with Gasteiger partial charge in [0.25, 0.3) is 5.91 Å². The Balaban J connectivity index is 1.07.